The van der Waals surface area contributed by atoms with Crippen LogP contribution in [0, 0.1) is 0 Å². The van der Waals surface area contributed by atoms with E-state index < -0.39 is 12.0 Å². The van der Waals surface area contributed by atoms with Crippen LogP contribution in [0.2, 0.25) is 0 Å². The van der Waals surface area contributed by atoms with Gasteiger partial charge in [-0.1, -0.05) is 18.2 Å². The number of hydrogen-bond donors (Lipinski definition) is 3. The first kappa shape index (κ1) is 16.5. The molecule has 0 saturated carbocycles. The number of guanidine groups is 1. The molecule has 0 aliphatic rings. The highest BCUT2D eigenvalue weighted by Crippen LogP contribution is 2.04. The van der Waals surface area contributed by atoms with Crippen LogP contribution in [0.3, 0.4) is 0 Å². The van der Waals surface area contributed by atoms with Crippen molar-refractivity contribution in [3.8, 4) is 0 Å². The number of carbonyl (C=O) groups excluding carboxylic acids is 2. The SMILES string of the molecule is COC(=O)C(CCCN=C(N)N)NC(=O)c1ccccc1. The van der Waals surface area contributed by atoms with Crippen molar-refractivity contribution in [2.75, 3.05) is 13.7 Å². The van der Waals surface area contributed by atoms with Crippen LogP contribution in [0.15, 0.2) is 35.3 Å². The van der Waals surface area contributed by atoms with Crippen molar-refractivity contribution >= 4 is 17.8 Å². The van der Waals surface area contributed by atoms with Gasteiger partial charge in [-0.15, -0.1) is 0 Å². The Morgan fingerprint density at radius 2 is 1.95 bits per heavy atom. The van der Waals surface area contributed by atoms with Crippen LogP contribution in [0.5, 0.6) is 0 Å². The Balaban J connectivity index is 2.60. The number of aliphatic imine (C=N–C) groups is 1. The molecule has 1 aromatic carbocycles. The molecular weight excluding hydrogens is 272 g/mol. The minimum atomic E-state index is -0.725. The van der Waals surface area contributed by atoms with Gasteiger partial charge in [0, 0.05) is 12.1 Å². The summed E-state index contributed by atoms with van der Waals surface area (Å²) >= 11 is 0. The highest BCUT2D eigenvalue weighted by atomic mass is 16.5. The number of esters is 1. The average molecular weight is 292 g/mol. The van der Waals surface area contributed by atoms with E-state index in [1.54, 1.807) is 24.3 Å². The maximum Gasteiger partial charge on any atom is 0.328 e. The second-order valence-corrected chi connectivity index (χ2v) is 4.36. The Morgan fingerprint density at radius 3 is 2.52 bits per heavy atom. The smallest absolute Gasteiger partial charge is 0.328 e. The molecule has 1 amide bonds. The summed E-state index contributed by atoms with van der Waals surface area (Å²) in [4.78, 5) is 27.5. The van der Waals surface area contributed by atoms with Crippen LogP contribution in [0.4, 0.5) is 0 Å². The summed E-state index contributed by atoms with van der Waals surface area (Å²) in [6.45, 7) is 0.386. The van der Waals surface area contributed by atoms with Gasteiger partial charge in [0.1, 0.15) is 6.04 Å². The van der Waals surface area contributed by atoms with Crippen molar-refractivity contribution in [1.29, 1.82) is 0 Å². The van der Waals surface area contributed by atoms with Gasteiger partial charge in [-0.05, 0) is 25.0 Å². The number of hydrogen-bond acceptors (Lipinski definition) is 4. The molecule has 0 fully saturated rings. The number of ether oxygens (including phenoxy) is 1. The van der Waals surface area contributed by atoms with Crippen molar-refractivity contribution in [3.63, 3.8) is 0 Å². The van der Waals surface area contributed by atoms with Gasteiger partial charge in [0.2, 0.25) is 0 Å². The van der Waals surface area contributed by atoms with Crippen LogP contribution in [-0.2, 0) is 9.53 Å². The zero-order chi connectivity index (χ0) is 15.7. The van der Waals surface area contributed by atoms with E-state index in [4.69, 9.17) is 11.5 Å². The minimum absolute atomic E-state index is 0.00191. The molecule has 0 aliphatic heterocycles. The van der Waals surface area contributed by atoms with E-state index >= 15 is 0 Å². The standard InChI is InChI=1S/C14H20N4O3/c1-21-13(20)11(8-5-9-17-14(15)16)18-12(19)10-6-3-2-4-7-10/h2-4,6-7,11H,5,8-9H2,1H3,(H,18,19)(H4,15,16,17). The Kier molecular flexibility index (Phi) is 6.73. The largest absolute Gasteiger partial charge is 0.467 e. The van der Waals surface area contributed by atoms with Gasteiger partial charge >= 0.3 is 5.97 Å². The number of methoxy groups -OCH3 is 1. The molecule has 7 heteroatoms. The topological polar surface area (TPSA) is 120 Å². The lowest BCUT2D eigenvalue weighted by Gasteiger charge is -2.16. The fraction of sp³-hybridized carbons (Fsp3) is 0.357. The number of nitrogens with one attached hydrogen (secondary N) is 1. The van der Waals surface area contributed by atoms with Crippen molar-refractivity contribution in [2.24, 2.45) is 16.5 Å². The van der Waals surface area contributed by atoms with Crippen LogP contribution < -0.4 is 16.8 Å². The zero-order valence-electron chi connectivity index (χ0n) is 11.9. The lowest BCUT2D eigenvalue weighted by atomic mass is 10.1. The Morgan fingerprint density at radius 1 is 1.29 bits per heavy atom. The monoisotopic (exact) mass is 292 g/mol. The average Bonchev–Trinajstić information content (AvgIpc) is 2.50. The molecule has 1 atom stereocenters. The highest BCUT2D eigenvalue weighted by Gasteiger charge is 2.21. The summed E-state index contributed by atoms with van der Waals surface area (Å²) in [5, 5.41) is 2.65. The van der Waals surface area contributed by atoms with E-state index in [2.05, 4.69) is 15.0 Å². The van der Waals surface area contributed by atoms with E-state index in [1.807, 2.05) is 6.07 Å². The van der Waals surface area contributed by atoms with Gasteiger partial charge in [0.05, 0.1) is 7.11 Å². The third-order valence-corrected chi connectivity index (χ3v) is 2.77. The van der Waals surface area contributed by atoms with E-state index in [-0.39, 0.29) is 11.9 Å². The van der Waals surface area contributed by atoms with Gasteiger partial charge < -0.3 is 21.5 Å². The summed E-state index contributed by atoms with van der Waals surface area (Å²) < 4.78 is 4.69. The summed E-state index contributed by atoms with van der Waals surface area (Å²) in [5.41, 5.74) is 10.9. The van der Waals surface area contributed by atoms with Crippen LogP contribution >= 0.6 is 0 Å². The van der Waals surface area contributed by atoms with Crippen molar-refractivity contribution in [2.45, 2.75) is 18.9 Å². The van der Waals surface area contributed by atoms with E-state index in [0.717, 1.165) is 0 Å². The molecule has 1 unspecified atom stereocenters. The Hall–Kier alpha value is -2.57. The van der Waals surface area contributed by atoms with Crippen molar-refractivity contribution in [3.05, 3.63) is 35.9 Å². The third-order valence-electron chi connectivity index (χ3n) is 2.77. The van der Waals surface area contributed by atoms with E-state index in [0.29, 0.717) is 24.9 Å². The molecule has 1 aromatic rings. The predicted molar refractivity (Wildman–Crippen MR) is 79.6 cm³/mol. The first-order valence-electron chi connectivity index (χ1n) is 6.53. The Labute approximate surface area is 123 Å². The van der Waals surface area contributed by atoms with Crippen molar-refractivity contribution < 1.29 is 14.3 Å². The molecule has 114 valence electrons. The molecule has 0 heterocycles. The highest BCUT2D eigenvalue weighted by molar-refractivity contribution is 5.96. The summed E-state index contributed by atoms with van der Waals surface area (Å²) in [7, 11) is 1.28. The molecule has 0 spiro atoms. The molecule has 0 bridgehead atoms. The van der Waals surface area contributed by atoms with Gasteiger partial charge in [0.15, 0.2) is 5.96 Å². The molecule has 1 rings (SSSR count). The molecule has 0 aromatic heterocycles. The first-order valence-corrected chi connectivity index (χ1v) is 6.53. The van der Waals surface area contributed by atoms with Gasteiger partial charge in [0.25, 0.3) is 5.91 Å². The number of benzene rings is 1. The number of carbonyl (C=O) groups is 2. The van der Waals surface area contributed by atoms with Crippen LogP contribution in [0.1, 0.15) is 23.2 Å². The zero-order valence-corrected chi connectivity index (χ0v) is 11.9. The second-order valence-electron chi connectivity index (χ2n) is 4.36. The van der Waals surface area contributed by atoms with E-state index in [9.17, 15) is 9.59 Å². The minimum Gasteiger partial charge on any atom is -0.467 e. The molecular formula is C14H20N4O3. The summed E-state index contributed by atoms with van der Waals surface area (Å²) in [6.07, 6.45) is 0.939. The fourth-order valence-corrected chi connectivity index (χ4v) is 1.73. The maximum absolute atomic E-state index is 12.0. The summed E-state index contributed by atoms with van der Waals surface area (Å²) in [5.74, 6) is -0.824. The van der Waals surface area contributed by atoms with Gasteiger partial charge in [-0.2, -0.15) is 0 Å². The lowest BCUT2D eigenvalue weighted by Crippen LogP contribution is -2.41. The first-order chi connectivity index (χ1) is 10.0. The molecule has 0 radical (unpaired) electrons. The number of nitrogens with two attached hydrogens (primary N) is 2. The fourth-order valence-electron chi connectivity index (χ4n) is 1.73. The summed E-state index contributed by atoms with van der Waals surface area (Å²) in [6, 6.07) is 7.93. The molecule has 0 aliphatic carbocycles. The Bertz CT molecular complexity index is 498. The number of nitrogens with zero attached hydrogens (tertiary/aromatic N) is 1. The van der Waals surface area contributed by atoms with Crippen LogP contribution in [-0.4, -0.2) is 37.5 Å². The quantitative estimate of drug-likeness (QED) is 0.283. The second kappa shape index (κ2) is 8.57. The molecule has 5 N–H and O–H groups in total. The van der Waals surface area contributed by atoms with E-state index in [1.165, 1.54) is 7.11 Å². The van der Waals surface area contributed by atoms with Crippen molar-refractivity contribution in [1.82, 2.24) is 5.32 Å². The van der Waals surface area contributed by atoms with Gasteiger partial charge in [-0.25, -0.2) is 4.79 Å². The third kappa shape index (κ3) is 5.94. The number of rotatable bonds is 7. The molecule has 0 saturated heterocycles. The molecule has 21 heavy (non-hydrogen) atoms. The van der Waals surface area contributed by atoms with Gasteiger partial charge in [-0.3, -0.25) is 9.79 Å². The van der Waals surface area contributed by atoms with Crippen LogP contribution in [0.25, 0.3) is 0 Å². The normalized spacial score (nSPS) is 11.3. The number of amides is 1. The maximum atomic E-state index is 12.0. The molecule has 7 nitrogen and oxygen atoms in total. The lowest BCUT2D eigenvalue weighted by molar-refractivity contribution is -0.143. The predicted octanol–water partition coefficient (Wildman–Crippen LogP) is 0.0116.